The van der Waals surface area contributed by atoms with E-state index in [4.69, 9.17) is 32.7 Å². The summed E-state index contributed by atoms with van der Waals surface area (Å²) in [5.41, 5.74) is 0.970. The van der Waals surface area contributed by atoms with Crippen molar-refractivity contribution in [3.8, 4) is 5.75 Å². The second-order valence-corrected chi connectivity index (χ2v) is 10.6. The number of hydrogen-bond acceptors (Lipinski definition) is 5. The third-order valence-corrected chi connectivity index (χ3v) is 7.03. The molecule has 1 aliphatic heterocycles. The lowest BCUT2D eigenvalue weighted by Gasteiger charge is -2.37. The van der Waals surface area contributed by atoms with Gasteiger partial charge in [0, 0.05) is 40.7 Å². The van der Waals surface area contributed by atoms with Gasteiger partial charge in [-0.1, -0.05) is 41.4 Å². The second kappa shape index (κ2) is 9.23. The number of carbonyl (C=O) groups excluding carboxylic acids is 2. The van der Waals surface area contributed by atoms with Crippen LogP contribution in [-0.2, 0) is 9.53 Å². The number of ether oxygens (including phenoxy) is 2. The molecule has 1 aromatic heterocycles. The quantitative estimate of drug-likeness (QED) is 0.465. The SMILES string of the molecule is COc1ccc([C@@H]2C=C[C@@H]3C(=O)N(C(=O)OC(C)(C)C)[C@H](C)[C@H]3[C@H]2c2ccc(Cl)cn2)c(Cl)c1. The molecule has 5 atom stereocenters. The molecule has 0 bridgehead atoms. The molecule has 2 heterocycles. The van der Waals surface area contributed by atoms with Crippen LogP contribution in [0, 0.1) is 11.8 Å². The van der Waals surface area contributed by atoms with Gasteiger partial charge in [0.1, 0.15) is 11.4 Å². The monoisotopic (exact) mass is 502 g/mol. The number of benzene rings is 1. The first kappa shape index (κ1) is 24.6. The number of hydrogen-bond donors (Lipinski definition) is 0. The van der Waals surface area contributed by atoms with Crippen LogP contribution in [-0.4, -0.2) is 40.6 Å². The highest BCUT2D eigenvalue weighted by Crippen LogP contribution is 2.53. The van der Waals surface area contributed by atoms with Crippen LogP contribution >= 0.6 is 23.2 Å². The first-order valence-corrected chi connectivity index (χ1v) is 12.0. The van der Waals surface area contributed by atoms with Gasteiger partial charge >= 0.3 is 6.09 Å². The summed E-state index contributed by atoms with van der Waals surface area (Å²) in [5.74, 6) is -0.679. The maximum Gasteiger partial charge on any atom is 0.417 e. The molecule has 0 saturated carbocycles. The number of imide groups is 1. The van der Waals surface area contributed by atoms with Gasteiger partial charge in [0.15, 0.2) is 0 Å². The summed E-state index contributed by atoms with van der Waals surface area (Å²) in [6.07, 6.45) is 4.86. The minimum atomic E-state index is -0.711. The van der Waals surface area contributed by atoms with Gasteiger partial charge in [-0.05, 0) is 57.5 Å². The molecule has 34 heavy (non-hydrogen) atoms. The number of allylic oxidation sites excluding steroid dienone is 1. The molecule has 8 heteroatoms. The Kier molecular flexibility index (Phi) is 6.67. The van der Waals surface area contributed by atoms with Crippen LogP contribution in [0.1, 0.15) is 50.8 Å². The normalized spacial score (nSPS) is 26.4. The summed E-state index contributed by atoms with van der Waals surface area (Å²) >= 11 is 12.8. The number of fused-ring (bicyclic) bond motifs is 1. The lowest BCUT2D eigenvalue weighted by Crippen LogP contribution is -2.43. The molecule has 1 aliphatic carbocycles. The lowest BCUT2D eigenvalue weighted by atomic mass is 9.66. The first-order valence-electron chi connectivity index (χ1n) is 11.2. The minimum Gasteiger partial charge on any atom is -0.497 e. The van der Waals surface area contributed by atoms with E-state index in [2.05, 4.69) is 4.98 Å². The predicted octanol–water partition coefficient (Wildman–Crippen LogP) is 6.23. The Morgan fingerprint density at radius 3 is 2.38 bits per heavy atom. The fraction of sp³-hybridized carbons (Fsp3) is 0.423. The number of pyridine rings is 1. The van der Waals surface area contributed by atoms with Crippen molar-refractivity contribution in [1.29, 1.82) is 0 Å². The van der Waals surface area contributed by atoms with Gasteiger partial charge < -0.3 is 9.47 Å². The molecule has 2 aromatic rings. The van der Waals surface area contributed by atoms with Crippen LogP contribution < -0.4 is 4.74 Å². The average Bonchev–Trinajstić information content (AvgIpc) is 3.02. The van der Waals surface area contributed by atoms with Crippen molar-refractivity contribution in [3.63, 3.8) is 0 Å². The number of likely N-dealkylation sites (tertiary alicyclic amines) is 1. The summed E-state index contributed by atoms with van der Waals surface area (Å²) in [7, 11) is 1.59. The van der Waals surface area contributed by atoms with Gasteiger partial charge in [-0.15, -0.1) is 0 Å². The Balaban J connectivity index is 1.79. The van der Waals surface area contributed by atoms with Crippen LogP contribution in [0.4, 0.5) is 4.79 Å². The Hall–Kier alpha value is -2.57. The molecular formula is C26H28Cl2N2O4. The highest BCUT2D eigenvalue weighted by atomic mass is 35.5. The van der Waals surface area contributed by atoms with Crippen molar-refractivity contribution < 1.29 is 19.1 Å². The summed E-state index contributed by atoms with van der Waals surface area (Å²) in [6.45, 7) is 7.24. The third-order valence-electron chi connectivity index (χ3n) is 6.48. The summed E-state index contributed by atoms with van der Waals surface area (Å²) in [5, 5.41) is 1.09. The zero-order chi connectivity index (χ0) is 24.8. The Labute approximate surface area is 209 Å². The van der Waals surface area contributed by atoms with E-state index in [1.807, 2.05) is 37.3 Å². The molecule has 0 N–H and O–H groups in total. The Morgan fingerprint density at radius 2 is 1.79 bits per heavy atom. The second-order valence-electron chi connectivity index (χ2n) is 9.76. The number of methoxy groups -OCH3 is 1. The van der Waals surface area contributed by atoms with Crippen LogP contribution in [0.2, 0.25) is 10.0 Å². The van der Waals surface area contributed by atoms with Gasteiger partial charge in [-0.3, -0.25) is 9.78 Å². The molecule has 2 amide bonds. The van der Waals surface area contributed by atoms with Crippen molar-refractivity contribution in [1.82, 2.24) is 9.88 Å². The van der Waals surface area contributed by atoms with Crippen molar-refractivity contribution >= 4 is 35.2 Å². The number of nitrogens with zero attached hydrogens (tertiary/aromatic N) is 2. The minimum absolute atomic E-state index is 0.165. The number of halogens is 2. The number of aromatic nitrogens is 1. The highest BCUT2D eigenvalue weighted by molar-refractivity contribution is 6.31. The molecule has 0 spiro atoms. The fourth-order valence-electron chi connectivity index (χ4n) is 5.07. The molecule has 0 unspecified atom stereocenters. The zero-order valence-corrected chi connectivity index (χ0v) is 21.3. The molecule has 1 aromatic carbocycles. The zero-order valence-electron chi connectivity index (χ0n) is 19.8. The van der Waals surface area contributed by atoms with E-state index < -0.39 is 23.7 Å². The van der Waals surface area contributed by atoms with E-state index in [-0.39, 0.29) is 23.7 Å². The van der Waals surface area contributed by atoms with Crippen LogP contribution in [0.15, 0.2) is 48.7 Å². The molecule has 180 valence electrons. The fourth-order valence-corrected chi connectivity index (χ4v) is 5.47. The summed E-state index contributed by atoms with van der Waals surface area (Å²) in [6, 6.07) is 8.84. The predicted molar refractivity (Wildman–Crippen MR) is 131 cm³/mol. The van der Waals surface area contributed by atoms with E-state index in [1.165, 1.54) is 4.90 Å². The van der Waals surface area contributed by atoms with E-state index in [0.717, 1.165) is 11.3 Å². The van der Waals surface area contributed by atoms with Crippen LogP contribution in [0.25, 0.3) is 0 Å². The highest BCUT2D eigenvalue weighted by Gasteiger charge is 2.55. The van der Waals surface area contributed by atoms with Crippen LogP contribution in [0.5, 0.6) is 5.75 Å². The summed E-state index contributed by atoms with van der Waals surface area (Å²) < 4.78 is 10.9. The summed E-state index contributed by atoms with van der Waals surface area (Å²) in [4.78, 5) is 32.2. The van der Waals surface area contributed by atoms with Crippen molar-refractivity contribution in [2.45, 2.75) is 51.2 Å². The molecule has 2 aliphatic rings. The molecular weight excluding hydrogens is 475 g/mol. The number of rotatable bonds is 3. The maximum absolute atomic E-state index is 13.4. The number of amides is 2. The van der Waals surface area contributed by atoms with E-state index in [1.54, 1.807) is 46.2 Å². The first-order chi connectivity index (χ1) is 16.0. The number of carbonyl (C=O) groups is 2. The largest absolute Gasteiger partial charge is 0.497 e. The van der Waals surface area contributed by atoms with Gasteiger partial charge in [0.2, 0.25) is 5.91 Å². The van der Waals surface area contributed by atoms with Crippen molar-refractivity contribution in [2.75, 3.05) is 7.11 Å². The smallest absolute Gasteiger partial charge is 0.417 e. The molecule has 4 rings (SSSR count). The molecule has 0 radical (unpaired) electrons. The average molecular weight is 503 g/mol. The Morgan fingerprint density at radius 1 is 1.09 bits per heavy atom. The van der Waals surface area contributed by atoms with Gasteiger partial charge in [0.05, 0.1) is 18.1 Å². The molecule has 1 fully saturated rings. The molecule has 1 saturated heterocycles. The van der Waals surface area contributed by atoms with Gasteiger partial charge in [-0.2, -0.15) is 0 Å². The van der Waals surface area contributed by atoms with Crippen molar-refractivity contribution in [2.24, 2.45) is 11.8 Å². The van der Waals surface area contributed by atoms with Crippen LogP contribution in [0.3, 0.4) is 0 Å². The Bertz CT molecular complexity index is 1130. The van der Waals surface area contributed by atoms with Gasteiger partial charge in [-0.25, -0.2) is 9.69 Å². The third kappa shape index (κ3) is 4.53. The topological polar surface area (TPSA) is 68.7 Å². The molecule has 6 nitrogen and oxygen atoms in total. The van der Waals surface area contributed by atoms with Crippen molar-refractivity contribution in [3.05, 3.63) is 70.0 Å². The van der Waals surface area contributed by atoms with E-state index in [0.29, 0.717) is 15.8 Å². The van der Waals surface area contributed by atoms with E-state index in [9.17, 15) is 9.59 Å². The van der Waals surface area contributed by atoms with E-state index >= 15 is 0 Å². The lowest BCUT2D eigenvalue weighted by molar-refractivity contribution is -0.130. The maximum atomic E-state index is 13.4. The standard InChI is InChI=1S/C26H28Cl2N2O4/c1-14-22-19(24(31)30(14)25(32)34-26(2,3)4)10-9-18(17-8-7-16(33-5)12-20(17)28)23(22)21-11-6-15(27)13-29-21/h6-14,18-19,22-23H,1-5H3/t14-,18+,19+,22-,23-/m1/s1. The van der Waals surface area contributed by atoms with Gasteiger partial charge in [0.25, 0.3) is 0 Å².